The Bertz CT molecular complexity index is 1220. The summed E-state index contributed by atoms with van der Waals surface area (Å²) < 4.78 is 43.2. The minimum Gasteiger partial charge on any atom is -0.490 e. The second-order valence-corrected chi connectivity index (χ2v) is 9.05. The molecule has 0 aliphatic carbocycles. The van der Waals surface area contributed by atoms with Crippen molar-refractivity contribution in [1.29, 1.82) is 0 Å². The maximum absolute atomic E-state index is 12.8. The van der Waals surface area contributed by atoms with Gasteiger partial charge in [0, 0.05) is 19.2 Å². The van der Waals surface area contributed by atoms with E-state index in [2.05, 4.69) is 0 Å². The van der Waals surface area contributed by atoms with Crippen molar-refractivity contribution in [1.82, 2.24) is 4.31 Å². The Balaban J connectivity index is 1.42. The SMILES string of the molecule is O=[N+]([O-])c1cc(S(=O)(=O)N2CCOCC2)ccc1OCCOc1ccc2ccccc2c1. The fourth-order valence-electron chi connectivity index (χ4n) is 3.43. The molecule has 0 saturated carbocycles. The Morgan fingerprint density at radius 3 is 2.41 bits per heavy atom. The van der Waals surface area contributed by atoms with Gasteiger partial charge in [0.1, 0.15) is 19.0 Å². The zero-order valence-electron chi connectivity index (χ0n) is 17.2. The summed E-state index contributed by atoms with van der Waals surface area (Å²) in [7, 11) is -3.85. The van der Waals surface area contributed by atoms with Gasteiger partial charge in [0.2, 0.25) is 10.0 Å². The average molecular weight is 458 g/mol. The van der Waals surface area contributed by atoms with Crippen molar-refractivity contribution in [2.45, 2.75) is 4.90 Å². The quantitative estimate of drug-likeness (QED) is 0.290. The van der Waals surface area contributed by atoms with Crippen molar-refractivity contribution in [3.8, 4) is 11.5 Å². The van der Waals surface area contributed by atoms with Gasteiger partial charge < -0.3 is 14.2 Å². The van der Waals surface area contributed by atoms with Gasteiger partial charge in [-0.05, 0) is 35.0 Å². The minimum absolute atomic E-state index is 0.0157. The van der Waals surface area contributed by atoms with Crippen LogP contribution >= 0.6 is 0 Å². The van der Waals surface area contributed by atoms with Crippen LogP contribution in [0.1, 0.15) is 0 Å². The Hall–Kier alpha value is -3.21. The molecule has 10 heteroatoms. The number of morpholine rings is 1. The summed E-state index contributed by atoms with van der Waals surface area (Å²) in [6, 6.07) is 17.2. The number of sulfonamides is 1. The number of nitro groups is 1. The van der Waals surface area contributed by atoms with E-state index in [4.69, 9.17) is 14.2 Å². The molecule has 1 aliphatic heterocycles. The third-order valence-corrected chi connectivity index (χ3v) is 6.96. The minimum atomic E-state index is -3.85. The first kappa shape index (κ1) is 22.0. The highest BCUT2D eigenvalue weighted by molar-refractivity contribution is 7.89. The molecule has 3 aromatic rings. The fraction of sp³-hybridized carbons (Fsp3) is 0.273. The van der Waals surface area contributed by atoms with Crippen LogP contribution in [0.5, 0.6) is 11.5 Å². The van der Waals surface area contributed by atoms with Crippen molar-refractivity contribution in [3.05, 3.63) is 70.8 Å². The zero-order chi connectivity index (χ0) is 22.6. The van der Waals surface area contributed by atoms with Crippen LogP contribution in [0.3, 0.4) is 0 Å². The van der Waals surface area contributed by atoms with Crippen molar-refractivity contribution in [3.63, 3.8) is 0 Å². The molecule has 0 amide bonds. The Labute approximate surface area is 185 Å². The number of benzene rings is 3. The van der Waals surface area contributed by atoms with Gasteiger partial charge in [-0.25, -0.2) is 8.42 Å². The van der Waals surface area contributed by atoms with Crippen LogP contribution in [0.2, 0.25) is 0 Å². The van der Waals surface area contributed by atoms with Crippen LogP contribution in [0.15, 0.2) is 65.6 Å². The topological polar surface area (TPSA) is 108 Å². The number of ether oxygens (including phenoxy) is 3. The molecule has 4 rings (SSSR count). The summed E-state index contributed by atoms with van der Waals surface area (Å²) in [4.78, 5) is 10.7. The second-order valence-electron chi connectivity index (χ2n) is 7.11. The molecule has 0 aromatic heterocycles. The third-order valence-electron chi connectivity index (χ3n) is 5.07. The van der Waals surface area contributed by atoms with Gasteiger partial charge >= 0.3 is 5.69 Å². The molecular formula is C22H22N2O7S. The van der Waals surface area contributed by atoms with Gasteiger partial charge in [0.05, 0.1) is 23.0 Å². The molecule has 0 atom stereocenters. The van der Waals surface area contributed by atoms with Gasteiger partial charge in [-0.2, -0.15) is 4.31 Å². The molecule has 0 N–H and O–H groups in total. The predicted octanol–water partition coefficient (Wildman–Crippen LogP) is 3.23. The highest BCUT2D eigenvalue weighted by Crippen LogP contribution is 2.31. The van der Waals surface area contributed by atoms with Crippen LogP contribution in [0.25, 0.3) is 10.8 Å². The fourth-order valence-corrected chi connectivity index (χ4v) is 4.86. The van der Waals surface area contributed by atoms with Crippen molar-refractivity contribution >= 4 is 26.5 Å². The molecule has 1 aliphatic rings. The number of fused-ring (bicyclic) bond motifs is 1. The molecule has 0 bridgehead atoms. The lowest BCUT2D eigenvalue weighted by molar-refractivity contribution is -0.386. The van der Waals surface area contributed by atoms with E-state index in [1.807, 2.05) is 42.5 Å². The van der Waals surface area contributed by atoms with Crippen molar-refractivity contribution < 1.29 is 27.6 Å². The molecule has 1 heterocycles. The van der Waals surface area contributed by atoms with Gasteiger partial charge in [-0.1, -0.05) is 30.3 Å². The molecule has 1 fully saturated rings. The highest BCUT2D eigenvalue weighted by Gasteiger charge is 2.29. The van der Waals surface area contributed by atoms with Gasteiger partial charge in [0.25, 0.3) is 0 Å². The lowest BCUT2D eigenvalue weighted by Crippen LogP contribution is -2.40. The first-order chi connectivity index (χ1) is 15.4. The van der Waals surface area contributed by atoms with Gasteiger partial charge in [-0.15, -0.1) is 0 Å². The first-order valence-electron chi connectivity index (χ1n) is 10.1. The molecule has 9 nitrogen and oxygen atoms in total. The van der Waals surface area contributed by atoms with Crippen LogP contribution < -0.4 is 9.47 Å². The van der Waals surface area contributed by atoms with E-state index >= 15 is 0 Å². The van der Waals surface area contributed by atoms with E-state index < -0.39 is 20.6 Å². The van der Waals surface area contributed by atoms with E-state index in [9.17, 15) is 18.5 Å². The lowest BCUT2D eigenvalue weighted by atomic mass is 10.1. The standard InChI is InChI=1S/C22H22N2O7S/c25-24(26)21-16-20(32(27,28)23-9-11-29-12-10-23)7-8-22(21)31-14-13-30-19-6-5-17-3-1-2-4-18(17)15-19/h1-8,15-16H,9-14H2. The Morgan fingerprint density at radius 1 is 0.938 bits per heavy atom. The largest absolute Gasteiger partial charge is 0.490 e. The highest BCUT2D eigenvalue weighted by atomic mass is 32.2. The summed E-state index contributed by atoms with van der Waals surface area (Å²) in [5, 5.41) is 13.7. The molecule has 0 unspecified atom stereocenters. The summed E-state index contributed by atoms with van der Waals surface area (Å²) in [6.07, 6.45) is 0. The molecule has 168 valence electrons. The Kier molecular flexibility index (Phi) is 6.54. The van der Waals surface area contributed by atoms with Crippen LogP contribution in [-0.2, 0) is 14.8 Å². The molecule has 3 aromatic carbocycles. The average Bonchev–Trinajstić information content (AvgIpc) is 2.82. The van der Waals surface area contributed by atoms with E-state index in [-0.39, 0.29) is 36.9 Å². The summed E-state index contributed by atoms with van der Waals surface area (Å²) in [6.45, 7) is 1.23. The molecule has 0 radical (unpaired) electrons. The summed E-state index contributed by atoms with van der Waals surface area (Å²) in [5.74, 6) is 0.645. The van der Waals surface area contributed by atoms with Gasteiger partial charge in [-0.3, -0.25) is 10.1 Å². The maximum Gasteiger partial charge on any atom is 0.312 e. The summed E-state index contributed by atoms with van der Waals surface area (Å²) in [5.41, 5.74) is -0.412. The number of hydrogen-bond donors (Lipinski definition) is 0. The maximum atomic E-state index is 12.8. The molecule has 32 heavy (non-hydrogen) atoms. The lowest BCUT2D eigenvalue weighted by Gasteiger charge is -2.26. The van der Waals surface area contributed by atoms with E-state index in [1.165, 1.54) is 16.4 Å². The smallest absolute Gasteiger partial charge is 0.312 e. The second kappa shape index (κ2) is 9.51. The van der Waals surface area contributed by atoms with Crippen LogP contribution in [-0.4, -0.2) is 57.2 Å². The molecule has 0 spiro atoms. The van der Waals surface area contributed by atoms with Gasteiger partial charge in [0.15, 0.2) is 5.75 Å². The number of rotatable bonds is 8. The van der Waals surface area contributed by atoms with E-state index in [0.29, 0.717) is 19.0 Å². The van der Waals surface area contributed by atoms with Crippen molar-refractivity contribution in [2.75, 3.05) is 39.5 Å². The van der Waals surface area contributed by atoms with E-state index in [1.54, 1.807) is 0 Å². The number of nitro benzene ring substituents is 1. The number of nitrogens with zero attached hydrogens (tertiary/aromatic N) is 2. The molecular weight excluding hydrogens is 436 g/mol. The normalized spacial score (nSPS) is 14.9. The Morgan fingerprint density at radius 2 is 1.66 bits per heavy atom. The van der Waals surface area contributed by atoms with Crippen molar-refractivity contribution in [2.24, 2.45) is 0 Å². The van der Waals surface area contributed by atoms with Crippen LogP contribution in [0.4, 0.5) is 5.69 Å². The zero-order valence-corrected chi connectivity index (χ0v) is 18.0. The van der Waals surface area contributed by atoms with E-state index in [0.717, 1.165) is 16.8 Å². The third kappa shape index (κ3) is 4.82. The predicted molar refractivity (Wildman–Crippen MR) is 118 cm³/mol. The van der Waals surface area contributed by atoms with Crippen LogP contribution in [0, 0.1) is 10.1 Å². The monoisotopic (exact) mass is 458 g/mol. The first-order valence-corrected chi connectivity index (χ1v) is 11.5. The number of hydrogen-bond acceptors (Lipinski definition) is 7. The molecule has 1 saturated heterocycles. The summed E-state index contributed by atoms with van der Waals surface area (Å²) >= 11 is 0.